The first kappa shape index (κ1) is 16.2. The van der Waals surface area contributed by atoms with Crippen molar-refractivity contribution in [2.75, 3.05) is 11.9 Å². The molecule has 5 heteroatoms. The van der Waals surface area contributed by atoms with Crippen LogP contribution in [-0.2, 0) is 11.3 Å². The number of hydrogen-bond donors (Lipinski definition) is 1. The van der Waals surface area contributed by atoms with Crippen LogP contribution >= 0.6 is 0 Å². The Morgan fingerprint density at radius 2 is 2.21 bits per heavy atom. The molecule has 1 fully saturated rings. The third-order valence-corrected chi connectivity index (χ3v) is 3.94. The highest BCUT2D eigenvalue weighted by molar-refractivity contribution is 6.02. The smallest absolute Gasteiger partial charge is 0.274 e. The van der Waals surface area contributed by atoms with Gasteiger partial charge in [0.15, 0.2) is 0 Å². The molecule has 5 nitrogen and oxygen atoms in total. The largest absolute Gasteiger partial charge is 0.376 e. The Morgan fingerprint density at radius 3 is 2.92 bits per heavy atom. The zero-order valence-electron chi connectivity index (χ0n) is 13.6. The molecule has 1 amide bonds. The molecule has 1 heterocycles. The predicted octanol–water partition coefficient (Wildman–Crippen LogP) is 3.44. The maximum Gasteiger partial charge on any atom is 0.274 e. The Labute approximate surface area is 141 Å². The van der Waals surface area contributed by atoms with E-state index in [9.17, 15) is 4.79 Å². The fraction of sp³-hybridized carbons (Fsp3) is 0.316. The number of carbonyl (C=O) groups is 1. The van der Waals surface area contributed by atoms with Gasteiger partial charge in [-0.25, -0.2) is 4.98 Å². The SMILES string of the molecule is Cc1nc(C(=O)Nc2cccc(COCC3CC3)c2)ccc1C#N. The van der Waals surface area contributed by atoms with E-state index in [2.05, 4.69) is 10.3 Å². The number of benzene rings is 1. The number of hydrogen-bond acceptors (Lipinski definition) is 4. The number of aryl methyl sites for hydroxylation is 1. The number of anilines is 1. The summed E-state index contributed by atoms with van der Waals surface area (Å²) < 4.78 is 5.67. The van der Waals surface area contributed by atoms with Crippen molar-refractivity contribution in [1.82, 2.24) is 4.98 Å². The molecule has 0 atom stereocenters. The molecule has 0 aliphatic heterocycles. The molecule has 0 saturated heterocycles. The lowest BCUT2D eigenvalue weighted by Gasteiger charge is -2.08. The van der Waals surface area contributed by atoms with Crippen LogP contribution in [0.15, 0.2) is 36.4 Å². The van der Waals surface area contributed by atoms with E-state index in [0.717, 1.165) is 18.1 Å². The summed E-state index contributed by atoms with van der Waals surface area (Å²) in [4.78, 5) is 16.5. The molecule has 1 aromatic heterocycles. The standard InChI is InChI=1S/C19H19N3O2/c1-13-16(10-20)7-8-18(21-13)19(23)22-17-4-2-3-15(9-17)12-24-11-14-5-6-14/h2-4,7-9,14H,5-6,11-12H2,1H3,(H,22,23). The van der Waals surface area contributed by atoms with Gasteiger partial charge in [-0.15, -0.1) is 0 Å². The van der Waals surface area contributed by atoms with Crippen molar-refractivity contribution >= 4 is 11.6 Å². The number of pyridine rings is 1. The Morgan fingerprint density at radius 1 is 1.38 bits per heavy atom. The van der Waals surface area contributed by atoms with Crippen LogP contribution in [-0.4, -0.2) is 17.5 Å². The fourth-order valence-electron chi connectivity index (χ4n) is 2.37. The summed E-state index contributed by atoms with van der Waals surface area (Å²) in [6, 6.07) is 12.8. The average Bonchev–Trinajstić information content (AvgIpc) is 3.39. The monoisotopic (exact) mass is 321 g/mol. The highest BCUT2D eigenvalue weighted by Crippen LogP contribution is 2.29. The third kappa shape index (κ3) is 4.18. The molecule has 1 aliphatic carbocycles. The zero-order chi connectivity index (χ0) is 16.9. The average molecular weight is 321 g/mol. The molecule has 0 radical (unpaired) electrons. The minimum absolute atomic E-state index is 0.293. The number of nitrogens with one attached hydrogen (secondary N) is 1. The molecular formula is C19H19N3O2. The maximum atomic E-state index is 12.3. The van der Waals surface area contributed by atoms with Crippen molar-refractivity contribution in [3.05, 3.63) is 58.9 Å². The van der Waals surface area contributed by atoms with Gasteiger partial charge in [0.2, 0.25) is 0 Å². The molecule has 24 heavy (non-hydrogen) atoms. The number of amides is 1. The summed E-state index contributed by atoms with van der Waals surface area (Å²) >= 11 is 0. The van der Waals surface area contributed by atoms with Crippen LogP contribution < -0.4 is 5.32 Å². The highest BCUT2D eigenvalue weighted by Gasteiger charge is 2.21. The van der Waals surface area contributed by atoms with E-state index in [1.54, 1.807) is 19.1 Å². The summed E-state index contributed by atoms with van der Waals surface area (Å²) in [5, 5.41) is 11.8. The Balaban J connectivity index is 1.63. The highest BCUT2D eigenvalue weighted by atomic mass is 16.5. The predicted molar refractivity (Wildman–Crippen MR) is 90.5 cm³/mol. The number of rotatable bonds is 6. The topological polar surface area (TPSA) is 75.0 Å². The van der Waals surface area contributed by atoms with E-state index in [0.29, 0.717) is 29.2 Å². The van der Waals surface area contributed by atoms with Gasteiger partial charge in [-0.1, -0.05) is 12.1 Å². The molecule has 2 aromatic rings. The van der Waals surface area contributed by atoms with Crippen LogP contribution in [0.25, 0.3) is 0 Å². The molecule has 1 aromatic carbocycles. The van der Waals surface area contributed by atoms with Gasteiger partial charge in [0, 0.05) is 12.3 Å². The van der Waals surface area contributed by atoms with E-state index in [4.69, 9.17) is 10.00 Å². The molecule has 3 rings (SSSR count). The number of nitriles is 1. The third-order valence-electron chi connectivity index (χ3n) is 3.94. The maximum absolute atomic E-state index is 12.3. The van der Waals surface area contributed by atoms with Gasteiger partial charge in [-0.05, 0) is 55.5 Å². The number of aromatic nitrogens is 1. The van der Waals surface area contributed by atoms with Gasteiger partial charge >= 0.3 is 0 Å². The Hall–Kier alpha value is -2.71. The van der Waals surface area contributed by atoms with Gasteiger partial charge in [0.1, 0.15) is 11.8 Å². The first-order chi connectivity index (χ1) is 11.7. The molecule has 0 bridgehead atoms. The summed E-state index contributed by atoms with van der Waals surface area (Å²) in [7, 11) is 0. The second-order valence-electron chi connectivity index (χ2n) is 6.05. The lowest BCUT2D eigenvalue weighted by atomic mass is 10.2. The van der Waals surface area contributed by atoms with Crippen molar-refractivity contribution in [2.45, 2.75) is 26.4 Å². The molecule has 122 valence electrons. The Kier molecular flexibility index (Phi) is 4.88. The van der Waals surface area contributed by atoms with Crippen LogP contribution in [0.2, 0.25) is 0 Å². The second-order valence-corrected chi connectivity index (χ2v) is 6.05. The van der Waals surface area contributed by atoms with E-state index in [1.165, 1.54) is 12.8 Å². The van der Waals surface area contributed by atoms with Crippen molar-refractivity contribution in [3.8, 4) is 6.07 Å². The van der Waals surface area contributed by atoms with Crippen LogP contribution in [0.4, 0.5) is 5.69 Å². The van der Waals surface area contributed by atoms with Gasteiger partial charge in [0.25, 0.3) is 5.91 Å². The van der Waals surface area contributed by atoms with E-state index in [-0.39, 0.29) is 5.91 Å². The van der Waals surface area contributed by atoms with Crippen LogP contribution in [0.1, 0.15) is 40.2 Å². The molecular weight excluding hydrogens is 302 g/mol. The van der Waals surface area contributed by atoms with E-state index in [1.807, 2.05) is 30.3 Å². The van der Waals surface area contributed by atoms with Gasteiger partial charge in [-0.2, -0.15) is 5.26 Å². The lowest BCUT2D eigenvalue weighted by molar-refractivity contribution is 0.102. The first-order valence-corrected chi connectivity index (χ1v) is 8.01. The van der Waals surface area contributed by atoms with Crippen LogP contribution in [0.3, 0.4) is 0 Å². The summed E-state index contributed by atoms with van der Waals surface area (Å²) in [5.41, 5.74) is 3.05. The quantitative estimate of drug-likeness (QED) is 0.884. The number of carbonyl (C=O) groups excluding carboxylic acids is 1. The molecule has 0 unspecified atom stereocenters. The van der Waals surface area contributed by atoms with Crippen molar-refractivity contribution in [2.24, 2.45) is 5.92 Å². The van der Waals surface area contributed by atoms with Crippen molar-refractivity contribution < 1.29 is 9.53 Å². The van der Waals surface area contributed by atoms with Crippen LogP contribution in [0.5, 0.6) is 0 Å². The molecule has 1 aliphatic rings. The molecule has 1 saturated carbocycles. The van der Waals surface area contributed by atoms with E-state index < -0.39 is 0 Å². The first-order valence-electron chi connectivity index (χ1n) is 8.01. The molecule has 0 spiro atoms. The van der Waals surface area contributed by atoms with Gasteiger partial charge < -0.3 is 10.1 Å². The van der Waals surface area contributed by atoms with Crippen molar-refractivity contribution in [3.63, 3.8) is 0 Å². The Bertz CT molecular complexity index is 791. The fourth-order valence-corrected chi connectivity index (χ4v) is 2.37. The van der Waals surface area contributed by atoms with Gasteiger partial charge in [-0.3, -0.25) is 4.79 Å². The van der Waals surface area contributed by atoms with Gasteiger partial charge in [0.05, 0.1) is 17.9 Å². The zero-order valence-corrected chi connectivity index (χ0v) is 13.6. The lowest BCUT2D eigenvalue weighted by Crippen LogP contribution is -2.14. The second kappa shape index (κ2) is 7.24. The summed E-state index contributed by atoms with van der Waals surface area (Å²) in [5.74, 6) is 0.442. The minimum Gasteiger partial charge on any atom is -0.376 e. The van der Waals surface area contributed by atoms with Crippen molar-refractivity contribution in [1.29, 1.82) is 5.26 Å². The minimum atomic E-state index is -0.293. The number of ether oxygens (including phenoxy) is 1. The normalized spacial score (nSPS) is 13.3. The summed E-state index contributed by atoms with van der Waals surface area (Å²) in [6.07, 6.45) is 2.54. The van der Waals surface area contributed by atoms with Crippen LogP contribution in [0, 0.1) is 24.2 Å². The number of nitrogens with zero attached hydrogens (tertiary/aromatic N) is 2. The summed E-state index contributed by atoms with van der Waals surface area (Å²) in [6.45, 7) is 3.08. The molecule has 1 N–H and O–H groups in total. The van der Waals surface area contributed by atoms with E-state index >= 15 is 0 Å².